The number of halogens is 1. The maximum Gasteiger partial charge on any atom is 0.412 e. The van der Waals surface area contributed by atoms with Crippen molar-refractivity contribution in [3.05, 3.63) is 41.1 Å². The first kappa shape index (κ1) is 27.4. The van der Waals surface area contributed by atoms with E-state index in [1.165, 1.54) is 6.20 Å². The van der Waals surface area contributed by atoms with Crippen LogP contribution in [0.1, 0.15) is 68.7 Å². The average molecular weight is 542 g/mol. The molecule has 202 valence electrons. The molecule has 1 saturated heterocycles. The molecule has 2 amide bonds. The minimum absolute atomic E-state index is 0.225. The number of rotatable bonds is 6. The maximum absolute atomic E-state index is 13.1. The highest BCUT2D eigenvalue weighted by atomic mass is 35.5. The van der Waals surface area contributed by atoms with Gasteiger partial charge in [-0.1, -0.05) is 11.6 Å². The summed E-state index contributed by atoms with van der Waals surface area (Å²) in [6.45, 7) is 10.0. The van der Waals surface area contributed by atoms with Crippen molar-refractivity contribution < 1.29 is 19.1 Å². The Morgan fingerprint density at radius 3 is 2.79 bits per heavy atom. The number of carbonyl (C=O) groups is 2. The Labute approximate surface area is 226 Å². The number of amides is 2. The summed E-state index contributed by atoms with van der Waals surface area (Å²) in [6.07, 6.45) is 0.964. The first-order valence-electron chi connectivity index (χ1n) is 12.3. The van der Waals surface area contributed by atoms with Crippen molar-refractivity contribution in [1.82, 2.24) is 20.0 Å². The summed E-state index contributed by atoms with van der Waals surface area (Å²) in [4.78, 5) is 32.2. The topological polar surface area (TPSA) is 148 Å². The summed E-state index contributed by atoms with van der Waals surface area (Å²) < 4.78 is 12.9. The van der Waals surface area contributed by atoms with Crippen LogP contribution in [0, 0.1) is 16.7 Å². The normalized spacial score (nSPS) is 21.1. The molecule has 3 heterocycles. The summed E-state index contributed by atoms with van der Waals surface area (Å²) >= 11 is 6.64. The highest BCUT2D eigenvalue weighted by Gasteiger charge is 2.54. The fraction of sp³-hybridized carbons (Fsp3) is 0.500. The van der Waals surface area contributed by atoms with Crippen LogP contribution >= 0.6 is 11.6 Å². The van der Waals surface area contributed by atoms with E-state index in [0.717, 1.165) is 5.56 Å². The molecule has 0 spiro atoms. The Kier molecular flexibility index (Phi) is 7.41. The summed E-state index contributed by atoms with van der Waals surface area (Å²) in [5, 5.41) is 16.7. The second-order valence-corrected chi connectivity index (χ2v) is 11.3. The molecule has 3 atom stereocenters. The van der Waals surface area contributed by atoms with Crippen molar-refractivity contribution in [3.63, 3.8) is 0 Å². The largest absolute Gasteiger partial charge is 0.444 e. The molecule has 0 saturated carbocycles. The molecule has 1 fully saturated rings. The number of aromatic nitrogens is 2. The average Bonchev–Trinajstić information content (AvgIpc) is 3.39. The van der Waals surface area contributed by atoms with E-state index < -0.39 is 29.2 Å². The van der Waals surface area contributed by atoms with E-state index in [2.05, 4.69) is 21.5 Å². The molecule has 12 heteroatoms. The molecule has 11 nitrogen and oxygen atoms in total. The number of benzene rings is 1. The molecule has 0 bridgehead atoms. The van der Waals surface area contributed by atoms with E-state index in [4.69, 9.17) is 32.1 Å². The standard InChI is InChI=1S/C26H32ClN7O4/c1-15(13-37-14-17-8-16(11-28)9-18(29)10-17)31-21(35)19-12-30-34-20(19)32-22(27)26(5)6-7-33(23(26)34)24(36)38-25(2,3)4/h8-10,12,15,23H,6-7,13-14,29H2,1-5H3,(H,31,35)/t15-,23?,26?/m1/s1. The Morgan fingerprint density at radius 2 is 2.11 bits per heavy atom. The predicted molar refractivity (Wildman–Crippen MR) is 142 cm³/mol. The lowest BCUT2D eigenvalue weighted by Gasteiger charge is -2.38. The number of carbonyl (C=O) groups excluding carboxylic acids is 2. The quantitative estimate of drug-likeness (QED) is 0.523. The minimum Gasteiger partial charge on any atom is -0.444 e. The van der Waals surface area contributed by atoms with Gasteiger partial charge in [0.25, 0.3) is 5.91 Å². The van der Waals surface area contributed by atoms with Crippen LogP contribution in [0.15, 0.2) is 29.4 Å². The second kappa shape index (κ2) is 10.3. The number of ether oxygens (including phenoxy) is 2. The molecule has 3 N–H and O–H groups in total. The third-order valence-corrected chi connectivity index (χ3v) is 6.96. The smallest absolute Gasteiger partial charge is 0.412 e. The highest BCUT2D eigenvalue weighted by molar-refractivity contribution is 6.67. The van der Waals surface area contributed by atoms with Crippen LogP contribution in [-0.2, 0) is 16.1 Å². The Bertz CT molecular complexity index is 1330. The summed E-state index contributed by atoms with van der Waals surface area (Å²) in [5.41, 5.74) is 6.45. The number of nitrogens with two attached hydrogens (primary N) is 1. The van der Waals surface area contributed by atoms with E-state index in [0.29, 0.717) is 29.4 Å². The van der Waals surface area contributed by atoms with Gasteiger partial charge in [0.05, 0.1) is 36.5 Å². The number of likely N-dealkylation sites (tertiary alicyclic amines) is 1. The minimum atomic E-state index is -0.663. The van der Waals surface area contributed by atoms with Crippen molar-refractivity contribution in [2.24, 2.45) is 10.4 Å². The SMILES string of the molecule is C[C@H](COCc1cc(N)cc(C#N)c1)NC(=O)c1cnn2c1N=C(Cl)C1(C)CCN(C(=O)OC(C)(C)C)C21. The molecule has 4 rings (SSSR count). The van der Waals surface area contributed by atoms with Crippen LogP contribution < -0.4 is 11.1 Å². The van der Waals surface area contributed by atoms with E-state index >= 15 is 0 Å². The molecular formula is C26H32ClN7O4. The third-order valence-electron chi connectivity index (χ3n) is 6.44. The zero-order chi connectivity index (χ0) is 27.8. The van der Waals surface area contributed by atoms with Gasteiger partial charge in [0.15, 0.2) is 5.82 Å². The number of fused-ring (bicyclic) bond motifs is 3. The highest BCUT2D eigenvalue weighted by Crippen LogP contribution is 2.51. The van der Waals surface area contributed by atoms with Crippen LogP contribution in [0.25, 0.3) is 0 Å². The molecule has 2 aliphatic heterocycles. The predicted octanol–water partition coefficient (Wildman–Crippen LogP) is 4.10. The number of hydrogen-bond acceptors (Lipinski definition) is 8. The van der Waals surface area contributed by atoms with E-state index in [9.17, 15) is 9.59 Å². The van der Waals surface area contributed by atoms with Crippen LogP contribution in [0.2, 0.25) is 0 Å². The van der Waals surface area contributed by atoms with Crippen LogP contribution in [-0.4, -0.2) is 56.6 Å². The maximum atomic E-state index is 13.1. The molecule has 2 aromatic rings. The third kappa shape index (κ3) is 5.47. The number of anilines is 1. The van der Waals surface area contributed by atoms with Crippen molar-refractivity contribution in [3.8, 4) is 6.07 Å². The van der Waals surface area contributed by atoms with Gasteiger partial charge in [-0.15, -0.1) is 0 Å². The van der Waals surface area contributed by atoms with Crippen LogP contribution in [0.3, 0.4) is 0 Å². The summed E-state index contributed by atoms with van der Waals surface area (Å²) in [5.74, 6) is -0.112. The fourth-order valence-corrected chi connectivity index (χ4v) is 4.93. The zero-order valence-corrected chi connectivity index (χ0v) is 22.9. The molecule has 1 aromatic heterocycles. The summed E-state index contributed by atoms with van der Waals surface area (Å²) in [6, 6.07) is 6.76. The van der Waals surface area contributed by atoms with Crippen LogP contribution in [0.4, 0.5) is 16.3 Å². The number of hydrogen-bond donors (Lipinski definition) is 2. The van der Waals surface area contributed by atoms with Gasteiger partial charge in [-0.2, -0.15) is 10.4 Å². The Balaban J connectivity index is 1.45. The second-order valence-electron chi connectivity index (χ2n) is 10.9. The molecule has 38 heavy (non-hydrogen) atoms. The van der Waals surface area contributed by atoms with Gasteiger partial charge in [0.2, 0.25) is 0 Å². The van der Waals surface area contributed by atoms with Crippen molar-refractivity contribution in [1.29, 1.82) is 5.26 Å². The van der Waals surface area contributed by atoms with Gasteiger partial charge in [-0.25, -0.2) is 14.5 Å². The van der Waals surface area contributed by atoms with E-state index in [1.54, 1.807) is 48.6 Å². The molecule has 0 aliphatic carbocycles. The van der Waals surface area contributed by atoms with Crippen molar-refractivity contribution in [2.75, 3.05) is 18.9 Å². The van der Waals surface area contributed by atoms with E-state index in [1.807, 2.05) is 13.8 Å². The monoisotopic (exact) mass is 541 g/mol. The molecule has 1 aromatic carbocycles. The van der Waals surface area contributed by atoms with Crippen molar-refractivity contribution >= 4 is 40.3 Å². The summed E-state index contributed by atoms with van der Waals surface area (Å²) in [7, 11) is 0. The lowest BCUT2D eigenvalue weighted by atomic mass is 9.86. The lowest BCUT2D eigenvalue weighted by Crippen LogP contribution is -2.45. The molecule has 2 unspecified atom stereocenters. The van der Waals surface area contributed by atoms with Crippen LogP contribution in [0.5, 0.6) is 0 Å². The number of aliphatic imine (C=N–C) groups is 1. The van der Waals surface area contributed by atoms with E-state index in [-0.39, 0.29) is 30.6 Å². The molecule has 0 radical (unpaired) electrons. The Morgan fingerprint density at radius 1 is 1.37 bits per heavy atom. The lowest BCUT2D eigenvalue weighted by molar-refractivity contribution is 0.00874. The zero-order valence-electron chi connectivity index (χ0n) is 22.1. The van der Waals surface area contributed by atoms with Gasteiger partial charge in [-0.05, 0) is 64.8 Å². The molecule has 2 aliphatic rings. The Hall–Kier alpha value is -3.62. The first-order chi connectivity index (χ1) is 17.8. The van der Waals surface area contributed by atoms with Gasteiger partial charge in [0.1, 0.15) is 22.5 Å². The first-order valence-corrected chi connectivity index (χ1v) is 12.7. The van der Waals surface area contributed by atoms with Gasteiger partial charge < -0.3 is 20.5 Å². The molecular weight excluding hydrogens is 510 g/mol. The van der Waals surface area contributed by atoms with Crippen molar-refractivity contribution in [2.45, 2.75) is 65.5 Å². The number of nitrogens with zero attached hydrogens (tertiary/aromatic N) is 5. The van der Waals surface area contributed by atoms with Gasteiger partial charge in [0, 0.05) is 18.3 Å². The van der Waals surface area contributed by atoms with Gasteiger partial charge in [-0.3, -0.25) is 9.69 Å². The number of nitriles is 1. The number of nitrogens with one attached hydrogen (secondary N) is 1. The fourth-order valence-electron chi connectivity index (χ4n) is 4.66. The number of nitrogen functional groups attached to an aromatic ring is 1. The van der Waals surface area contributed by atoms with Gasteiger partial charge >= 0.3 is 6.09 Å².